The van der Waals surface area contributed by atoms with Gasteiger partial charge in [0.2, 0.25) is 5.95 Å². The molecule has 3 rings (SSSR count). The smallest absolute Gasteiger partial charge is 0.244 e. The van der Waals surface area contributed by atoms with E-state index in [4.69, 9.17) is 4.74 Å². The van der Waals surface area contributed by atoms with Gasteiger partial charge in [0.1, 0.15) is 0 Å². The van der Waals surface area contributed by atoms with Crippen LogP contribution in [0.2, 0.25) is 0 Å². The molecule has 1 aliphatic rings. The molecule has 7 nitrogen and oxygen atoms in total. The predicted octanol–water partition coefficient (Wildman–Crippen LogP) is 1.54. The number of aromatic nitrogens is 4. The van der Waals surface area contributed by atoms with E-state index < -0.39 is 0 Å². The van der Waals surface area contributed by atoms with Crippen LogP contribution >= 0.6 is 0 Å². The third-order valence-electron chi connectivity index (χ3n) is 3.93. The third-order valence-corrected chi connectivity index (χ3v) is 3.93. The lowest BCUT2D eigenvalue weighted by atomic mass is 10.2. The molecule has 1 unspecified atom stereocenters. The topological polar surface area (TPSA) is 76.1 Å². The van der Waals surface area contributed by atoms with Crippen LogP contribution in [0.25, 0.3) is 0 Å². The van der Waals surface area contributed by atoms with E-state index in [1.165, 1.54) is 5.56 Å². The van der Waals surface area contributed by atoms with E-state index in [9.17, 15) is 0 Å². The molecule has 1 fully saturated rings. The Morgan fingerprint density at radius 3 is 3.00 bits per heavy atom. The number of hydrogen-bond acceptors (Lipinski definition) is 7. The maximum atomic E-state index is 5.59. The second kappa shape index (κ2) is 7.82. The Hall–Kier alpha value is -2.28. The largest absolute Gasteiger partial charge is 0.376 e. The fraction of sp³-hybridized carbons (Fsp3) is 0.500. The van der Waals surface area contributed by atoms with Gasteiger partial charge in [-0.2, -0.15) is 10.1 Å². The molecule has 3 heterocycles. The minimum Gasteiger partial charge on any atom is -0.376 e. The summed E-state index contributed by atoms with van der Waals surface area (Å²) in [4.78, 5) is 10.6. The molecular formula is C16H22N6O. The number of nitrogens with one attached hydrogen (secondary N) is 1. The van der Waals surface area contributed by atoms with Gasteiger partial charge in [0, 0.05) is 39.1 Å². The highest BCUT2D eigenvalue weighted by molar-refractivity contribution is 5.39. The number of anilines is 2. The molecule has 1 saturated heterocycles. The van der Waals surface area contributed by atoms with Gasteiger partial charge in [-0.1, -0.05) is 0 Å². The van der Waals surface area contributed by atoms with Gasteiger partial charge in [0.25, 0.3) is 0 Å². The van der Waals surface area contributed by atoms with Gasteiger partial charge in [-0.25, -0.2) is 0 Å². The van der Waals surface area contributed by atoms with E-state index in [1.807, 2.05) is 31.6 Å². The molecule has 1 aliphatic heterocycles. The van der Waals surface area contributed by atoms with E-state index in [2.05, 4.69) is 30.4 Å². The van der Waals surface area contributed by atoms with Gasteiger partial charge in [0.05, 0.1) is 12.3 Å². The van der Waals surface area contributed by atoms with Crippen molar-refractivity contribution >= 4 is 11.8 Å². The zero-order chi connectivity index (χ0) is 15.9. The number of rotatable bonds is 7. The first kappa shape index (κ1) is 15.6. The van der Waals surface area contributed by atoms with Crippen LogP contribution in [0.5, 0.6) is 0 Å². The average Bonchev–Trinajstić information content (AvgIpc) is 3.12. The van der Waals surface area contributed by atoms with Gasteiger partial charge in [-0.3, -0.25) is 4.98 Å². The van der Waals surface area contributed by atoms with Gasteiger partial charge in [-0.15, -0.1) is 5.10 Å². The molecule has 23 heavy (non-hydrogen) atoms. The minimum atomic E-state index is 0.256. The first-order valence-corrected chi connectivity index (χ1v) is 7.96. The molecule has 2 aromatic rings. The summed E-state index contributed by atoms with van der Waals surface area (Å²) in [5.74, 6) is 1.36. The van der Waals surface area contributed by atoms with Crippen LogP contribution in [0.15, 0.2) is 30.7 Å². The highest BCUT2D eigenvalue weighted by atomic mass is 16.5. The second-order valence-corrected chi connectivity index (χ2v) is 5.68. The summed E-state index contributed by atoms with van der Waals surface area (Å²) < 4.78 is 5.59. The Bertz CT molecular complexity index is 603. The summed E-state index contributed by atoms with van der Waals surface area (Å²) in [6.45, 7) is 2.43. The maximum Gasteiger partial charge on any atom is 0.244 e. The van der Waals surface area contributed by atoms with Crippen LogP contribution in [-0.4, -0.2) is 53.0 Å². The van der Waals surface area contributed by atoms with E-state index >= 15 is 0 Å². The van der Waals surface area contributed by atoms with E-state index in [-0.39, 0.29) is 6.10 Å². The van der Waals surface area contributed by atoms with E-state index in [0.29, 0.717) is 5.95 Å². The zero-order valence-electron chi connectivity index (χ0n) is 13.4. The minimum absolute atomic E-state index is 0.256. The molecule has 0 saturated carbocycles. The molecule has 7 heteroatoms. The molecule has 1 atom stereocenters. The van der Waals surface area contributed by atoms with Gasteiger partial charge < -0.3 is 15.0 Å². The average molecular weight is 314 g/mol. The first-order chi connectivity index (χ1) is 11.3. The van der Waals surface area contributed by atoms with Crippen molar-refractivity contribution in [3.8, 4) is 0 Å². The quantitative estimate of drug-likeness (QED) is 0.830. The molecule has 0 amide bonds. The van der Waals surface area contributed by atoms with Crippen LogP contribution in [0, 0.1) is 0 Å². The SMILES string of the molecule is CN(CCc1ccncc1)c1cnnc(NCC2CCCO2)n1. The maximum absolute atomic E-state index is 5.59. The van der Waals surface area contributed by atoms with Gasteiger partial charge in [0.15, 0.2) is 5.82 Å². The highest BCUT2D eigenvalue weighted by Crippen LogP contribution is 2.13. The lowest BCUT2D eigenvalue weighted by Crippen LogP contribution is -2.24. The standard InChI is InChI=1S/C16H22N6O/c1-22(9-6-13-4-7-17-8-5-13)15-12-19-21-16(20-15)18-11-14-3-2-10-23-14/h4-5,7-8,12,14H,2-3,6,9-11H2,1H3,(H,18,20,21). The van der Waals surface area contributed by atoms with Crippen molar-refractivity contribution < 1.29 is 4.74 Å². The first-order valence-electron chi connectivity index (χ1n) is 7.96. The fourth-order valence-corrected chi connectivity index (χ4v) is 2.52. The number of likely N-dealkylation sites (N-methyl/N-ethyl adjacent to an activating group) is 1. The molecule has 0 radical (unpaired) electrons. The van der Waals surface area contributed by atoms with Crippen LogP contribution in [0.3, 0.4) is 0 Å². The monoisotopic (exact) mass is 314 g/mol. The molecule has 1 N–H and O–H groups in total. The Balaban J connectivity index is 1.53. The summed E-state index contributed by atoms with van der Waals surface area (Å²) >= 11 is 0. The molecule has 122 valence electrons. The summed E-state index contributed by atoms with van der Waals surface area (Å²) in [6, 6.07) is 4.06. The van der Waals surface area contributed by atoms with Crippen LogP contribution < -0.4 is 10.2 Å². The molecule has 0 bridgehead atoms. The van der Waals surface area contributed by atoms with Crippen molar-refractivity contribution in [2.75, 3.05) is 37.0 Å². The fourth-order valence-electron chi connectivity index (χ4n) is 2.52. The molecule has 0 aliphatic carbocycles. The summed E-state index contributed by atoms with van der Waals surface area (Å²) in [6.07, 6.45) is 8.72. The lowest BCUT2D eigenvalue weighted by Gasteiger charge is -2.18. The van der Waals surface area contributed by atoms with Crippen molar-refractivity contribution in [2.24, 2.45) is 0 Å². The predicted molar refractivity (Wildman–Crippen MR) is 88.5 cm³/mol. The third kappa shape index (κ3) is 4.59. The van der Waals surface area contributed by atoms with Crippen LogP contribution in [0.4, 0.5) is 11.8 Å². The van der Waals surface area contributed by atoms with Crippen LogP contribution in [0.1, 0.15) is 18.4 Å². The number of hydrogen-bond donors (Lipinski definition) is 1. The Kier molecular flexibility index (Phi) is 5.31. The van der Waals surface area contributed by atoms with Crippen molar-refractivity contribution in [3.63, 3.8) is 0 Å². The lowest BCUT2D eigenvalue weighted by molar-refractivity contribution is 0.120. The van der Waals surface area contributed by atoms with Crippen molar-refractivity contribution in [3.05, 3.63) is 36.3 Å². The molecule has 0 spiro atoms. The summed E-state index contributed by atoms with van der Waals surface area (Å²) in [7, 11) is 2.01. The normalized spacial score (nSPS) is 17.2. The molecular weight excluding hydrogens is 292 g/mol. The zero-order valence-corrected chi connectivity index (χ0v) is 13.4. The summed E-state index contributed by atoms with van der Waals surface area (Å²) in [5, 5.41) is 11.3. The van der Waals surface area contributed by atoms with Crippen molar-refractivity contribution in [2.45, 2.75) is 25.4 Å². The number of pyridine rings is 1. The summed E-state index contributed by atoms with van der Waals surface area (Å²) in [5.41, 5.74) is 1.26. The number of ether oxygens (including phenoxy) is 1. The Morgan fingerprint density at radius 1 is 1.35 bits per heavy atom. The molecule has 0 aromatic carbocycles. The van der Waals surface area contributed by atoms with Gasteiger partial charge >= 0.3 is 0 Å². The Labute approximate surface area is 136 Å². The van der Waals surface area contributed by atoms with E-state index in [0.717, 1.165) is 44.8 Å². The van der Waals surface area contributed by atoms with Gasteiger partial charge in [-0.05, 0) is 37.0 Å². The van der Waals surface area contributed by atoms with Crippen molar-refractivity contribution in [1.82, 2.24) is 20.2 Å². The second-order valence-electron chi connectivity index (χ2n) is 5.68. The molecule has 2 aromatic heterocycles. The van der Waals surface area contributed by atoms with Crippen LogP contribution in [-0.2, 0) is 11.2 Å². The Morgan fingerprint density at radius 2 is 2.22 bits per heavy atom. The number of nitrogens with zero attached hydrogens (tertiary/aromatic N) is 5. The van der Waals surface area contributed by atoms with Crippen molar-refractivity contribution in [1.29, 1.82) is 0 Å². The highest BCUT2D eigenvalue weighted by Gasteiger charge is 2.15. The van der Waals surface area contributed by atoms with E-state index in [1.54, 1.807) is 6.20 Å².